The largest absolute Gasteiger partial charge is 0.378 e. The summed E-state index contributed by atoms with van der Waals surface area (Å²) in [4.78, 5) is 0. The first-order valence-electron chi connectivity index (χ1n) is 6.91. The molecular weight excluding hydrogens is 252 g/mol. The van der Waals surface area contributed by atoms with Crippen LogP contribution in [0.2, 0.25) is 0 Å². The van der Waals surface area contributed by atoms with E-state index in [9.17, 15) is 8.42 Å². The van der Waals surface area contributed by atoms with Crippen molar-refractivity contribution < 1.29 is 13.2 Å². The Bertz CT molecular complexity index is 346. The first kappa shape index (κ1) is 14.2. The van der Waals surface area contributed by atoms with Gasteiger partial charge in [0, 0.05) is 12.6 Å². The molecular formula is C12H24N2O3S. The summed E-state index contributed by atoms with van der Waals surface area (Å²) in [5.74, 6) is 0.594. The second kappa shape index (κ2) is 6.32. The van der Waals surface area contributed by atoms with Crippen molar-refractivity contribution in [2.75, 3.05) is 25.4 Å². The zero-order valence-corrected chi connectivity index (χ0v) is 11.8. The molecule has 0 amide bonds. The first-order valence-corrected chi connectivity index (χ1v) is 8.56. The fourth-order valence-electron chi connectivity index (χ4n) is 2.69. The van der Waals surface area contributed by atoms with Gasteiger partial charge in [-0.25, -0.2) is 13.1 Å². The molecule has 18 heavy (non-hydrogen) atoms. The van der Waals surface area contributed by atoms with Gasteiger partial charge in [0.2, 0.25) is 10.0 Å². The maximum Gasteiger partial charge on any atom is 0.212 e. The minimum absolute atomic E-state index is 0.0910. The molecule has 2 fully saturated rings. The second-order valence-electron chi connectivity index (χ2n) is 5.34. The standard InChI is InChI=1S/C12H24N2O3S/c1-2-17-12-7-11(8-12)14-18(15,16)9-10-3-5-13-6-4-10/h10-14H,2-9H2,1H3. The van der Waals surface area contributed by atoms with Gasteiger partial charge in [-0.05, 0) is 51.6 Å². The number of rotatable bonds is 6. The SMILES string of the molecule is CCOC1CC(NS(=O)(=O)CC2CCNCC2)C1. The van der Waals surface area contributed by atoms with Crippen LogP contribution in [-0.4, -0.2) is 46.0 Å². The molecule has 0 atom stereocenters. The molecule has 1 heterocycles. The van der Waals surface area contributed by atoms with E-state index in [1.54, 1.807) is 0 Å². The normalized spacial score (nSPS) is 30.1. The fraction of sp³-hybridized carbons (Fsp3) is 1.00. The summed E-state index contributed by atoms with van der Waals surface area (Å²) in [7, 11) is -3.11. The monoisotopic (exact) mass is 276 g/mol. The Morgan fingerprint density at radius 2 is 1.94 bits per heavy atom. The van der Waals surface area contributed by atoms with E-state index in [4.69, 9.17) is 4.74 Å². The maximum absolute atomic E-state index is 12.0. The van der Waals surface area contributed by atoms with Gasteiger partial charge in [-0.1, -0.05) is 0 Å². The van der Waals surface area contributed by atoms with E-state index < -0.39 is 10.0 Å². The van der Waals surface area contributed by atoms with Gasteiger partial charge in [0.15, 0.2) is 0 Å². The van der Waals surface area contributed by atoms with Gasteiger partial charge in [0.25, 0.3) is 0 Å². The summed E-state index contributed by atoms with van der Waals surface area (Å²) in [5.41, 5.74) is 0. The summed E-state index contributed by atoms with van der Waals surface area (Å²) >= 11 is 0. The van der Waals surface area contributed by atoms with Crippen molar-refractivity contribution in [3.8, 4) is 0 Å². The number of hydrogen-bond donors (Lipinski definition) is 2. The Morgan fingerprint density at radius 1 is 1.28 bits per heavy atom. The van der Waals surface area contributed by atoms with Crippen LogP contribution in [0, 0.1) is 5.92 Å². The number of nitrogens with one attached hydrogen (secondary N) is 2. The lowest BCUT2D eigenvalue weighted by molar-refractivity contribution is -0.00477. The molecule has 1 saturated carbocycles. The average Bonchev–Trinajstić information content (AvgIpc) is 2.27. The Hall–Kier alpha value is -0.170. The summed E-state index contributed by atoms with van der Waals surface area (Å²) in [6.45, 7) is 4.56. The van der Waals surface area contributed by atoms with Crippen LogP contribution in [-0.2, 0) is 14.8 Å². The third kappa shape index (κ3) is 4.19. The molecule has 0 aromatic rings. The van der Waals surface area contributed by atoms with Crippen LogP contribution in [0.15, 0.2) is 0 Å². The molecule has 106 valence electrons. The van der Waals surface area contributed by atoms with Crippen LogP contribution in [0.25, 0.3) is 0 Å². The number of piperidine rings is 1. The molecule has 0 spiro atoms. The van der Waals surface area contributed by atoms with Crippen LogP contribution in [0.3, 0.4) is 0 Å². The van der Waals surface area contributed by atoms with Crippen LogP contribution in [0.1, 0.15) is 32.6 Å². The van der Waals surface area contributed by atoms with Crippen LogP contribution >= 0.6 is 0 Å². The van der Waals surface area contributed by atoms with Crippen molar-refractivity contribution in [2.24, 2.45) is 5.92 Å². The molecule has 0 aromatic carbocycles. The van der Waals surface area contributed by atoms with Crippen molar-refractivity contribution in [3.05, 3.63) is 0 Å². The molecule has 1 saturated heterocycles. The van der Waals surface area contributed by atoms with Gasteiger partial charge >= 0.3 is 0 Å². The number of sulfonamides is 1. The highest BCUT2D eigenvalue weighted by molar-refractivity contribution is 7.89. The lowest BCUT2D eigenvalue weighted by Gasteiger charge is -2.35. The fourth-order valence-corrected chi connectivity index (χ4v) is 4.44. The van der Waals surface area contributed by atoms with E-state index in [1.165, 1.54) is 0 Å². The van der Waals surface area contributed by atoms with Gasteiger partial charge in [-0.3, -0.25) is 0 Å². The van der Waals surface area contributed by atoms with E-state index >= 15 is 0 Å². The molecule has 5 nitrogen and oxygen atoms in total. The van der Waals surface area contributed by atoms with E-state index in [0.29, 0.717) is 12.5 Å². The zero-order valence-electron chi connectivity index (χ0n) is 11.0. The molecule has 0 aromatic heterocycles. The van der Waals surface area contributed by atoms with Crippen LogP contribution in [0.5, 0.6) is 0 Å². The third-order valence-corrected chi connectivity index (χ3v) is 5.36. The molecule has 6 heteroatoms. The van der Waals surface area contributed by atoms with E-state index in [-0.39, 0.29) is 17.9 Å². The molecule has 0 unspecified atom stereocenters. The zero-order chi connectivity index (χ0) is 13.0. The van der Waals surface area contributed by atoms with Crippen molar-refractivity contribution in [1.82, 2.24) is 10.0 Å². The summed E-state index contributed by atoms with van der Waals surface area (Å²) in [6.07, 6.45) is 3.82. The molecule has 1 aliphatic heterocycles. The Labute approximate surface area is 110 Å². The third-order valence-electron chi connectivity index (χ3n) is 3.76. The predicted molar refractivity (Wildman–Crippen MR) is 71.0 cm³/mol. The summed E-state index contributed by atoms with van der Waals surface area (Å²) in [6, 6.07) is 0.0910. The average molecular weight is 276 g/mol. The van der Waals surface area contributed by atoms with Gasteiger partial charge in [-0.15, -0.1) is 0 Å². The highest BCUT2D eigenvalue weighted by atomic mass is 32.2. The minimum atomic E-state index is -3.11. The molecule has 0 radical (unpaired) electrons. The smallest absolute Gasteiger partial charge is 0.212 e. The van der Waals surface area contributed by atoms with Crippen molar-refractivity contribution in [3.63, 3.8) is 0 Å². The maximum atomic E-state index is 12.0. The lowest BCUT2D eigenvalue weighted by atomic mass is 9.90. The van der Waals surface area contributed by atoms with Gasteiger partial charge in [0.1, 0.15) is 0 Å². The van der Waals surface area contributed by atoms with E-state index in [1.807, 2.05) is 6.92 Å². The van der Waals surface area contributed by atoms with Gasteiger partial charge < -0.3 is 10.1 Å². The Balaban J connectivity index is 1.71. The lowest BCUT2D eigenvalue weighted by Crippen LogP contribution is -2.49. The molecule has 2 rings (SSSR count). The van der Waals surface area contributed by atoms with Crippen molar-refractivity contribution in [2.45, 2.75) is 44.8 Å². The molecule has 0 bridgehead atoms. The first-order chi connectivity index (χ1) is 8.59. The van der Waals surface area contributed by atoms with Gasteiger partial charge in [0.05, 0.1) is 11.9 Å². The highest BCUT2D eigenvalue weighted by Crippen LogP contribution is 2.24. The van der Waals surface area contributed by atoms with E-state index in [2.05, 4.69) is 10.0 Å². The topological polar surface area (TPSA) is 67.4 Å². The minimum Gasteiger partial charge on any atom is -0.378 e. The van der Waals surface area contributed by atoms with Crippen molar-refractivity contribution >= 4 is 10.0 Å². The molecule has 2 N–H and O–H groups in total. The van der Waals surface area contributed by atoms with E-state index in [0.717, 1.165) is 38.8 Å². The van der Waals surface area contributed by atoms with Crippen LogP contribution < -0.4 is 10.0 Å². The van der Waals surface area contributed by atoms with Gasteiger partial charge in [-0.2, -0.15) is 0 Å². The molecule has 1 aliphatic carbocycles. The second-order valence-corrected chi connectivity index (χ2v) is 7.14. The predicted octanol–water partition coefficient (Wildman–Crippen LogP) is 0.473. The summed E-state index contributed by atoms with van der Waals surface area (Å²) < 4.78 is 32.2. The number of hydrogen-bond acceptors (Lipinski definition) is 4. The quantitative estimate of drug-likeness (QED) is 0.740. The molecule has 2 aliphatic rings. The Kier molecular flexibility index (Phi) is 5.00. The number of ether oxygens (including phenoxy) is 1. The Morgan fingerprint density at radius 3 is 2.56 bits per heavy atom. The van der Waals surface area contributed by atoms with Crippen LogP contribution in [0.4, 0.5) is 0 Å². The summed E-state index contributed by atoms with van der Waals surface area (Å²) in [5, 5.41) is 3.25. The highest BCUT2D eigenvalue weighted by Gasteiger charge is 2.33. The van der Waals surface area contributed by atoms with Crippen molar-refractivity contribution in [1.29, 1.82) is 0 Å².